The number of benzene rings is 1. The summed E-state index contributed by atoms with van der Waals surface area (Å²) in [7, 11) is 0. The zero-order chi connectivity index (χ0) is 11.5. The largest absolute Gasteiger partial charge is 0.472 e. The molecule has 0 saturated heterocycles. The van der Waals surface area contributed by atoms with E-state index in [4.69, 9.17) is 4.42 Å². The van der Waals surface area contributed by atoms with Crippen molar-refractivity contribution >= 4 is 22.6 Å². The first kappa shape index (κ1) is 11.7. The number of furan rings is 1. The summed E-state index contributed by atoms with van der Waals surface area (Å²) in [4.78, 5) is 0. The summed E-state index contributed by atoms with van der Waals surface area (Å²) >= 11 is 2.28. The Bertz CT molecular complexity index is 463. The molecule has 0 aliphatic carbocycles. The molecule has 0 bridgehead atoms. The third kappa shape index (κ3) is 2.47. The predicted octanol–water partition coefficient (Wildman–Crippen LogP) is 3.47. The van der Waals surface area contributed by atoms with E-state index in [-0.39, 0.29) is 0 Å². The quantitative estimate of drug-likeness (QED) is 0.876. The van der Waals surface area contributed by atoms with Crippen molar-refractivity contribution in [2.75, 3.05) is 0 Å². The molecule has 1 atom stereocenters. The van der Waals surface area contributed by atoms with E-state index in [9.17, 15) is 5.11 Å². The molecule has 84 valence electrons. The van der Waals surface area contributed by atoms with Crippen LogP contribution in [0, 0.1) is 10.5 Å². The van der Waals surface area contributed by atoms with Crippen LogP contribution in [0.5, 0.6) is 0 Å². The third-order valence-electron chi connectivity index (χ3n) is 2.59. The Kier molecular flexibility index (Phi) is 3.66. The highest BCUT2D eigenvalue weighted by Gasteiger charge is 2.13. The lowest BCUT2D eigenvalue weighted by atomic mass is 10.0. The van der Waals surface area contributed by atoms with Crippen LogP contribution in [0.15, 0.2) is 41.2 Å². The SMILES string of the molecule is Cc1cccc(C(O)Cc2ccoc2)c1I. The summed E-state index contributed by atoms with van der Waals surface area (Å²) in [6.45, 7) is 2.05. The topological polar surface area (TPSA) is 33.4 Å². The molecular formula is C13H13IO2. The van der Waals surface area contributed by atoms with Crippen LogP contribution in [0.4, 0.5) is 0 Å². The first-order chi connectivity index (χ1) is 7.68. The maximum absolute atomic E-state index is 10.2. The van der Waals surface area contributed by atoms with Crippen molar-refractivity contribution in [2.24, 2.45) is 0 Å². The lowest BCUT2D eigenvalue weighted by Crippen LogP contribution is -2.04. The van der Waals surface area contributed by atoms with Crippen molar-refractivity contribution in [1.29, 1.82) is 0 Å². The number of hydrogen-bond acceptors (Lipinski definition) is 2. The molecule has 0 amide bonds. The van der Waals surface area contributed by atoms with Gasteiger partial charge in [0, 0.05) is 9.99 Å². The Hall–Kier alpha value is -0.810. The van der Waals surface area contributed by atoms with Gasteiger partial charge in [-0.1, -0.05) is 18.2 Å². The smallest absolute Gasteiger partial charge is 0.0935 e. The molecule has 0 fully saturated rings. The van der Waals surface area contributed by atoms with E-state index in [0.29, 0.717) is 6.42 Å². The molecule has 1 aromatic heterocycles. The Balaban J connectivity index is 2.21. The van der Waals surface area contributed by atoms with Crippen molar-refractivity contribution in [3.8, 4) is 0 Å². The van der Waals surface area contributed by atoms with E-state index < -0.39 is 6.10 Å². The van der Waals surface area contributed by atoms with Crippen LogP contribution in [-0.2, 0) is 6.42 Å². The zero-order valence-corrected chi connectivity index (χ0v) is 11.1. The van der Waals surface area contributed by atoms with Crippen LogP contribution in [0.25, 0.3) is 0 Å². The Morgan fingerprint density at radius 1 is 1.38 bits per heavy atom. The molecule has 1 heterocycles. The fourth-order valence-corrected chi connectivity index (χ4v) is 2.39. The summed E-state index contributed by atoms with van der Waals surface area (Å²) < 4.78 is 6.13. The summed E-state index contributed by atoms with van der Waals surface area (Å²) in [6, 6.07) is 7.88. The molecule has 0 aliphatic heterocycles. The van der Waals surface area contributed by atoms with Gasteiger partial charge in [-0.3, -0.25) is 0 Å². The van der Waals surface area contributed by atoms with Crippen molar-refractivity contribution < 1.29 is 9.52 Å². The summed E-state index contributed by atoms with van der Waals surface area (Å²) in [5, 5.41) is 10.2. The second-order valence-corrected chi connectivity index (χ2v) is 4.91. The summed E-state index contributed by atoms with van der Waals surface area (Å²) in [5.74, 6) is 0. The van der Waals surface area contributed by atoms with Crippen LogP contribution in [-0.4, -0.2) is 5.11 Å². The van der Waals surface area contributed by atoms with Crippen LogP contribution in [0.2, 0.25) is 0 Å². The average Bonchev–Trinajstić information content (AvgIpc) is 2.74. The molecular weight excluding hydrogens is 315 g/mol. The van der Waals surface area contributed by atoms with Crippen LogP contribution >= 0.6 is 22.6 Å². The fourth-order valence-electron chi connectivity index (χ4n) is 1.67. The minimum Gasteiger partial charge on any atom is -0.472 e. The zero-order valence-electron chi connectivity index (χ0n) is 8.98. The van der Waals surface area contributed by atoms with E-state index in [1.54, 1.807) is 12.5 Å². The van der Waals surface area contributed by atoms with Crippen LogP contribution in [0.1, 0.15) is 22.8 Å². The van der Waals surface area contributed by atoms with Gasteiger partial charge in [-0.15, -0.1) is 0 Å². The van der Waals surface area contributed by atoms with Gasteiger partial charge in [0.25, 0.3) is 0 Å². The number of hydrogen-bond donors (Lipinski definition) is 1. The standard InChI is InChI=1S/C13H13IO2/c1-9-3-2-4-11(13(9)14)12(15)7-10-5-6-16-8-10/h2-6,8,12,15H,7H2,1H3. The number of rotatable bonds is 3. The van der Waals surface area contributed by atoms with Crippen LogP contribution in [0.3, 0.4) is 0 Å². The van der Waals surface area contributed by atoms with Gasteiger partial charge in [0.1, 0.15) is 0 Å². The van der Waals surface area contributed by atoms with Gasteiger partial charge < -0.3 is 9.52 Å². The molecule has 0 radical (unpaired) electrons. The fraction of sp³-hybridized carbons (Fsp3) is 0.231. The van der Waals surface area contributed by atoms with Gasteiger partial charge in [-0.25, -0.2) is 0 Å². The maximum Gasteiger partial charge on any atom is 0.0935 e. The lowest BCUT2D eigenvalue weighted by molar-refractivity contribution is 0.177. The predicted molar refractivity (Wildman–Crippen MR) is 71.3 cm³/mol. The van der Waals surface area contributed by atoms with E-state index >= 15 is 0 Å². The average molecular weight is 328 g/mol. The molecule has 0 spiro atoms. The number of halogens is 1. The Morgan fingerprint density at radius 3 is 2.88 bits per heavy atom. The first-order valence-electron chi connectivity index (χ1n) is 5.12. The van der Waals surface area contributed by atoms with Gasteiger partial charge in [0.2, 0.25) is 0 Å². The Morgan fingerprint density at radius 2 is 2.19 bits per heavy atom. The van der Waals surface area contributed by atoms with Crippen molar-refractivity contribution in [3.63, 3.8) is 0 Å². The molecule has 3 heteroatoms. The number of aliphatic hydroxyl groups excluding tert-OH is 1. The lowest BCUT2D eigenvalue weighted by Gasteiger charge is -2.13. The van der Waals surface area contributed by atoms with E-state index in [1.807, 2.05) is 18.2 Å². The molecule has 1 unspecified atom stereocenters. The highest BCUT2D eigenvalue weighted by atomic mass is 127. The molecule has 1 aromatic carbocycles. The normalized spacial score (nSPS) is 12.7. The minimum absolute atomic E-state index is 0.468. The highest BCUT2D eigenvalue weighted by molar-refractivity contribution is 14.1. The molecule has 0 saturated carbocycles. The number of aryl methyl sites for hydroxylation is 1. The second-order valence-electron chi connectivity index (χ2n) is 3.83. The molecule has 0 aliphatic rings. The summed E-state index contributed by atoms with van der Waals surface area (Å²) in [6.07, 6.45) is 3.43. The van der Waals surface area contributed by atoms with E-state index in [0.717, 1.165) is 14.7 Å². The molecule has 1 N–H and O–H groups in total. The summed E-state index contributed by atoms with van der Waals surface area (Å²) in [5.41, 5.74) is 3.20. The van der Waals surface area contributed by atoms with Crippen molar-refractivity contribution in [3.05, 3.63) is 57.1 Å². The van der Waals surface area contributed by atoms with Crippen molar-refractivity contribution in [2.45, 2.75) is 19.4 Å². The first-order valence-corrected chi connectivity index (χ1v) is 6.20. The van der Waals surface area contributed by atoms with Crippen LogP contribution < -0.4 is 0 Å². The molecule has 2 nitrogen and oxygen atoms in total. The van der Waals surface area contributed by atoms with E-state index in [2.05, 4.69) is 35.6 Å². The maximum atomic E-state index is 10.2. The highest BCUT2D eigenvalue weighted by Crippen LogP contribution is 2.25. The van der Waals surface area contributed by atoms with E-state index in [1.165, 1.54) is 5.56 Å². The minimum atomic E-state index is -0.468. The molecule has 16 heavy (non-hydrogen) atoms. The second kappa shape index (κ2) is 5.01. The number of aliphatic hydroxyl groups is 1. The van der Waals surface area contributed by atoms with Gasteiger partial charge in [-0.05, 0) is 52.3 Å². The van der Waals surface area contributed by atoms with Gasteiger partial charge in [0.05, 0.1) is 18.6 Å². The van der Waals surface area contributed by atoms with Gasteiger partial charge in [-0.2, -0.15) is 0 Å². The van der Waals surface area contributed by atoms with Gasteiger partial charge in [0.15, 0.2) is 0 Å². The third-order valence-corrected chi connectivity index (χ3v) is 4.06. The molecule has 2 rings (SSSR count). The Labute approximate surface area is 108 Å². The van der Waals surface area contributed by atoms with Gasteiger partial charge >= 0.3 is 0 Å². The molecule has 2 aromatic rings. The van der Waals surface area contributed by atoms with Crippen molar-refractivity contribution in [1.82, 2.24) is 0 Å². The monoisotopic (exact) mass is 328 g/mol.